The van der Waals surface area contributed by atoms with Crippen LogP contribution in [0.2, 0.25) is 0 Å². The monoisotopic (exact) mass is 374 g/mol. The van der Waals surface area contributed by atoms with Crippen LogP contribution in [0.5, 0.6) is 5.75 Å². The first kappa shape index (κ1) is 18.3. The highest BCUT2D eigenvalue weighted by Gasteiger charge is 2.25. The molecular formula is C19H22N2O4S. The summed E-state index contributed by atoms with van der Waals surface area (Å²) < 4.78 is 30.8. The third kappa shape index (κ3) is 4.16. The zero-order chi connectivity index (χ0) is 18.6. The van der Waals surface area contributed by atoms with Crippen molar-refractivity contribution in [3.05, 3.63) is 59.7 Å². The molecule has 0 aromatic heterocycles. The smallest absolute Gasteiger partial charge is 0.251 e. The second-order valence-corrected chi connectivity index (χ2v) is 8.19. The van der Waals surface area contributed by atoms with Gasteiger partial charge in [0.15, 0.2) is 0 Å². The average molecular weight is 374 g/mol. The fourth-order valence-corrected chi connectivity index (χ4v) is 4.53. The zero-order valence-corrected chi connectivity index (χ0v) is 15.5. The number of nitrogens with zero attached hydrogens (tertiary/aromatic N) is 1. The lowest BCUT2D eigenvalue weighted by molar-refractivity contribution is 0.0951. The predicted molar refractivity (Wildman–Crippen MR) is 101 cm³/mol. The van der Waals surface area contributed by atoms with Gasteiger partial charge >= 0.3 is 0 Å². The van der Waals surface area contributed by atoms with Gasteiger partial charge in [0, 0.05) is 18.7 Å². The minimum absolute atomic E-state index is 0.178. The maximum absolute atomic E-state index is 12.3. The zero-order valence-electron chi connectivity index (χ0n) is 14.6. The lowest BCUT2D eigenvalue weighted by Gasteiger charge is -2.28. The van der Waals surface area contributed by atoms with Gasteiger partial charge in [0.1, 0.15) is 5.75 Å². The van der Waals surface area contributed by atoms with Gasteiger partial charge in [-0.15, -0.1) is 0 Å². The number of carbonyl (C=O) groups is 1. The minimum Gasteiger partial charge on any atom is -0.497 e. The lowest BCUT2D eigenvalue weighted by Crippen LogP contribution is -2.37. The van der Waals surface area contributed by atoms with Crippen LogP contribution in [0.4, 0.5) is 5.69 Å². The maximum atomic E-state index is 12.3. The van der Waals surface area contributed by atoms with Gasteiger partial charge in [-0.25, -0.2) is 8.42 Å². The van der Waals surface area contributed by atoms with Gasteiger partial charge in [0.25, 0.3) is 5.91 Å². The van der Waals surface area contributed by atoms with Crippen molar-refractivity contribution in [1.82, 2.24) is 5.32 Å². The molecule has 138 valence electrons. The predicted octanol–water partition coefficient (Wildman–Crippen LogP) is 2.56. The first-order valence-electron chi connectivity index (χ1n) is 8.51. The normalized spacial score (nSPS) is 16.1. The molecule has 26 heavy (non-hydrogen) atoms. The molecule has 1 fully saturated rings. The quantitative estimate of drug-likeness (QED) is 0.873. The molecule has 1 aliphatic rings. The topological polar surface area (TPSA) is 75.7 Å². The molecule has 1 N–H and O–H groups in total. The van der Waals surface area contributed by atoms with Crippen LogP contribution in [0.1, 0.15) is 28.8 Å². The number of nitrogens with one attached hydrogen (secondary N) is 1. The highest BCUT2D eigenvalue weighted by atomic mass is 32.2. The second-order valence-electron chi connectivity index (χ2n) is 6.17. The molecule has 7 heteroatoms. The molecule has 0 atom stereocenters. The standard InChI is InChI=1S/C19H22N2O4S/c1-25-18-10-4-15(5-11-18)14-20-19(22)16-6-8-17(9-7-16)21-12-2-3-13-26(21,23)24/h4-11H,2-3,12-14H2,1H3,(H,20,22). The molecule has 3 rings (SSSR count). The Bertz CT molecular complexity index is 861. The van der Waals surface area contributed by atoms with E-state index in [0.29, 0.717) is 30.8 Å². The summed E-state index contributed by atoms with van der Waals surface area (Å²) in [5.41, 5.74) is 2.07. The van der Waals surface area contributed by atoms with Crippen molar-refractivity contribution in [3.8, 4) is 5.75 Å². The number of amides is 1. The molecule has 2 aromatic rings. The molecule has 1 saturated heterocycles. The van der Waals surface area contributed by atoms with E-state index in [1.54, 1.807) is 31.4 Å². The summed E-state index contributed by atoms with van der Waals surface area (Å²) in [5.74, 6) is 0.745. The van der Waals surface area contributed by atoms with E-state index in [9.17, 15) is 13.2 Å². The first-order valence-corrected chi connectivity index (χ1v) is 10.1. The van der Waals surface area contributed by atoms with E-state index in [1.807, 2.05) is 24.3 Å². The van der Waals surface area contributed by atoms with E-state index in [0.717, 1.165) is 17.7 Å². The summed E-state index contributed by atoms with van der Waals surface area (Å²) in [5, 5.41) is 2.86. The molecule has 2 aromatic carbocycles. The molecule has 1 aliphatic heterocycles. The molecular weight excluding hydrogens is 352 g/mol. The summed E-state index contributed by atoms with van der Waals surface area (Å²) in [6, 6.07) is 14.2. The van der Waals surface area contributed by atoms with Crippen molar-refractivity contribution in [3.63, 3.8) is 0 Å². The molecule has 0 spiro atoms. The highest BCUT2D eigenvalue weighted by molar-refractivity contribution is 7.92. The summed E-state index contributed by atoms with van der Waals surface area (Å²) in [6.45, 7) is 0.899. The number of anilines is 1. The van der Waals surface area contributed by atoms with Gasteiger partial charge in [-0.05, 0) is 54.8 Å². The van der Waals surface area contributed by atoms with Crippen LogP contribution in [0, 0.1) is 0 Å². The Balaban J connectivity index is 1.63. The SMILES string of the molecule is COc1ccc(CNC(=O)c2ccc(N3CCCCS3(=O)=O)cc2)cc1. The Labute approximate surface area is 153 Å². The van der Waals surface area contributed by atoms with Crippen molar-refractivity contribution in [2.45, 2.75) is 19.4 Å². The van der Waals surface area contributed by atoms with E-state index < -0.39 is 10.0 Å². The molecule has 0 unspecified atom stereocenters. The number of hydrogen-bond donors (Lipinski definition) is 1. The van der Waals surface area contributed by atoms with Gasteiger partial charge in [0.2, 0.25) is 10.0 Å². The number of carbonyl (C=O) groups excluding carboxylic acids is 1. The molecule has 0 radical (unpaired) electrons. The van der Waals surface area contributed by atoms with Crippen LogP contribution in [0.3, 0.4) is 0 Å². The van der Waals surface area contributed by atoms with E-state index in [-0.39, 0.29) is 11.7 Å². The minimum atomic E-state index is -3.24. The third-order valence-electron chi connectivity index (χ3n) is 4.38. The van der Waals surface area contributed by atoms with Crippen LogP contribution >= 0.6 is 0 Å². The van der Waals surface area contributed by atoms with Gasteiger partial charge in [-0.3, -0.25) is 9.10 Å². The van der Waals surface area contributed by atoms with E-state index >= 15 is 0 Å². The molecule has 1 heterocycles. The van der Waals surface area contributed by atoms with Crippen LogP contribution in [-0.4, -0.2) is 33.7 Å². The van der Waals surface area contributed by atoms with Gasteiger partial charge in [-0.2, -0.15) is 0 Å². The average Bonchev–Trinajstić information content (AvgIpc) is 2.66. The Hall–Kier alpha value is -2.54. The first-order chi connectivity index (χ1) is 12.5. The summed E-state index contributed by atoms with van der Waals surface area (Å²) in [6.07, 6.45) is 1.55. The summed E-state index contributed by atoms with van der Waals surface area (Å²) >= 11 is 0. The second kappa shape index (κ2) is 7.78. The molecule has 0 aliphatic carbocycles. The number of ether oxygens (including phenoxy) is 1. The fraction of sp³-hybridized carbons (Fsp3) is 0.316. The Morgan fingerprint density at radius 1 is 1.08 bits per heavy atom. The van der Waals surface area contributed by atoms with Crippen molar-refractivity contribution < 1.29 is 17.9 Å². The van der Waals surface area contributed by atoms with Gasteiger partial charge in [-0.1, -0.05) is 12.1 Å². The fourth-order valence-electron chi connectivity index (χ4n) is 2.89. The highest BCUT2D eigenvalue weighted by Crippen LogP contribution is 2.23. The number of methoxy groups -OCH3 is 1. The van der Waals surface area contributed by atoms with Crippen molar-refractivity contribution >= 4 is 21.6 Å². The van der Waals surface area contributed by atoms with Crippen molar-refractivity contribution in [2.75, 3.05) is 23.7 Å². The lowest BCUT2D eigenvalue weighted by atomic mass is 10.1. The molecule has 0 bridgehead atoms. The van der Waals surface area contributed by atoms with E-state index in [4.69, 9.17) is 4.74 Å². The van der Waals surface area contributed by atoms with Crippen molar-refractivity contribution in [2.24, 2.45) is 0 Å². The number of rotatable bonds is 5. The number of benzene rings is 2. The van der Waals surface area contributed by atoms with Crippen LogP contribution in [0.15, 0.2) is 48.5 Å². The molecule has 0 saturated carbocycles. The van der Waals surface area contributed by atoms with Crippen molar-refractivity contribution in [1.29, 1.82) is 0 Å². The van der Waals surface area contributed by atoms with Gasteiger partial charge in [0.05, 0.1) is 18.6 Å². The molecule has 1 amide bonds. The summed E-state index contributed by atoms with van der Waals surface area (Å²) in [7, 11) is -1.63. The van der Waals surface area contributed by atoms with Gasteiger partial charge < -0.3 is 10.1 Å². The Kier molecular flexibility index (Phi) is 5.46. The van der Waals surface area contributed by atoms with Crippen LogP contribution < -0.4 is 14.4 Å². The maximum Gasteiger partial charge on any atom is 0.251 e. The number of hydrogen-bond acceptors (Lipinski definition) is 4. The molecule has 6 nitrogen and oxygen atoms in total. The Morgan fingerprint density at radius 3 is 2.38 bits per heavy atom. The Morgan fingerprint density at radius 2 is 1.77 bits per heavy atom. The largest absolute Gasteiger partial charge is 0.497 e. The summed E-state index contributed by atoms with van der Waals surface area (Å²) in [4.78, 5) is 12.3. The van der Waals surface area contributed by atoms with E-state index in [2.05, 4.69) is 5.32 Å². The van der Waals surface area contributed by atoms with Crippen LogP contribution in [0.25, 0.3) is 0 Å². The van der Waals surface area contributed by atoms with E-state index in [1.165, 1.54) is 4.31 Å². The third-order valence-corrected chi connectivity index (χ3v) is 6.25. The number of sulfonamides is 1. The van der Waals surface area contributed by atoms with Crippen LogP contribution in [-0.2, 0) is 16.6 Å².